The number of carbonyl (C=O) groups is 1. The maximum atomic E-state index is 13.8. The number of anilines is 2. The molecule has 0 radical (unpaired) electrons. The lowest BCUT2D eigenvalue weighted by Gasteiger charge is -2.07. The van der Waals surface area contributed by atoms with Crippen LogP contribution in [0.15, 0.2) is 54.9 Å². The Balaban J connectivity index is 1.66. The molecule has 2 aromatic carbocycles. The van der Waals surface area contributed by atoms with Crippen LogP contribution in [0.5, 0.6) is 0 Å². The van der Waals surface area contributed by atoms with Crippen molar-refractivity contribution in [3.8, 4) is 0 Å². The predicted molar refractivity (Wildman–Crippen MR) is 96.8 cm³/mol. The Morgan fingerprint density at radius 3 is 2.60 bits per heavy atom. The number of nitrogens with zero attached hydrogens (tertiary/aromatic N) is 2. The third-order valence-electron chi connectivity index (χ3n) is 3.39. The minimum absolute atomic E-state index is 0.152. The van der Waals surface area contributed by atoms with Gasteiger partial charge in [0.1, 0.15) is 5.82 Å². The van der Waals surface area contributed by atoms with E-state index in [1.807, 2.05) is 0 Å². The topological polar surface area (TPSA) is 59.0 Å². The Morgan fingerprint density at radius 2 is 1.84 bits per heavy atom. The van der Waals surface area contributed by atoms with Crippen LogP contribution < -0.4 is 10.6 Å². The Hall–Kier alpha value is -2.57. The van der Waals surface area contributed by atoms with Crippen molar-refractivity contribution in [3.63, 3.8) is 0 Å². The molecule has 1 heterocycles. The lowest BCUT2D eigenvalue weighted by Crippen LogP contribution is -2.19. The molecule has 0 aliphatic heterocycles. The molecular weight excluding hydrogens is 366 g/mol. The number of nitrogens with one attached hydrogen (secondary N) is 2. The van der Waals surface area contributed by atoms with Crippen molar-refractivity contribution >= 4 is 40.6 Å². The van der Waals surface area contributed by atoms with Crippen molar-refractivity contribution in [2.45, 2.75) is 6.54 Å². The van der Waals surface area contributed by atoms with E-state index in [1.54, 1.807) is 36.5 Å². The molecule has 1 aromatic heterocycles. The van der Waals surface area contributed by atoms with Crippen LogP contribution in [-0.2, 0) is 6.54 Å². The molecule has 0 aliphatic rings. The molecule has 0 spiro atoms. The van der Waals surface area contributed by atoms with Gasteiger partial charge >= 0.3 is 6.03 Å². The summed E-state index contributed by atoms with van der Waals surface area (Å²) in [5.41, 5.74) is 1.28. The molecule has 128 valence electrons. The standard InChI is InChI=1S/C17H13Cl2FN4O/c18-13-5-3-6-15(20)12(13)10-24-9-11(8-21-24)22-17(25)23-16-7-2-1-4-14(16)19/h1-9H,10H2,(H2,22,23,25). The van der Waals surface area contributed by atoms with Gasteiger partial charge in [-0.2, -0.15) is 5.10 Å². The van der Waals surface area contributed by atoms with Crippen LogP contribution in [0.25, 0.3) is 0 Å². The first kappa shape index (κ1) is 17.3. The number of para-hydroxylation sites is 1. The number of benzene rings is 2. The quantitative estimate of drug-likeness (QED) is 0.669. The highest BCUT2D eigenvalue weighted by Crippen LogP contribution is 2.22. The highest BCUT2D eigenvalue weighted by atomic mass is 35.5. The molecule has 0 unspecified atom stereocenters. The van der Waals surface area contributed by atoms with Crippen molar-refractivity contribution in [1.82, 2.24) is 9.78 Å². The summed E-state index contributed by atoms with van der Waals surface area (Å²) in [4.78, 5) is 12.0. The number of halogens is 3. The van der Waals surface area contributed by atoms with Gasteiger partial charge in [0.05, 0.1) is 29.1 Å². The summed E-state index contributed by atoms with van der Waals surface area (Å²) >= 11 is 12.0. The SMILES string of the molecule is O=C(Nc1cnn(Cc2c(F)cccc2Cl)c1)Nc1ccccc1Cl. The van der Waals surface area contributed by atoms with Crippen LogP contribution >= 0.6 is 23.2 Å². The molecule has 0 aliphatic carbocycles. The predicted octanol–water partition coefficient (Wildman–Crippen LogP) is 5.02. The summed E-state index contributed by atoms with van der Waals surface area (Å²) < 4.78 is 15.3. The van der Waals surface area contributed by atoms with Crippen LogP contribution in [0, 0.1) is 5.82 Å². The second kappa shape index (κ2) is 7.55. The van der Waals surface area contributed by atoms with E-state index >= 15 is 0 Å². The minimum atomic E-state index is -0.462. The average molecular weight is 379 g/mol. The first-order valence-corrected chi connectivity index (χ1v) is 8.06. The molecule has 0 bridgehead atoms. The molecule has 0 saturated carbocycles. The second-order valence-corrected chi connectivity index (χ2v) is 6.00. The lowest BCUT2D eigenvalue weighted by molar-refractivity contribution is 0.262. The van der Waals surface area contributed by atoms with Gasteiger partial charge in [-0.3, -0.25) is 4.68 Å². The second-order valence-electron chi connectivity index (χ2n) is 5.19. The number of amides is 2. The van der Waals surface area contributed by atoms with Gasteiger partial charge in [-0.15, -0.1) is 0 Å². The van der Waals surface area contributed by atoms with Gasteiger partial charge in [0.25, 0.3) is 0 Å². The largest absolute Gasteiger partial charge is 0.323 e. The van der Waals surface area contributed by atoms with Gasteiger partial charge in [-0.1, -0.05) is 41.4 Å². The van der Waals surface area contributed by atoms with Crippen LogP contribution in [0.3, 0.4) is 0 Å². The van der Waals surface area contributed by atoms with Gasteiger partial charge in [0, 0.05) is 16.8 Å². The molecule has 25 heavy (non-hydrogen) atoms. The average Bonchev–Trinajstić information content (AvgIpc) is 3.00. The van der Waals surface area contributed by atoms with E-state index in [0.29, 0.717) is 27.0 Å². The first-order valence-electron chi connectivity index (χ1n) is 7.31. The third-order valence-corrected chi connectivity index (χ3v) is 4.08. The molecule has 8 heteroatoms. The van der Waals surface area contributed by atoms with E-state index < -0.39 is 11.8 Å². The van der Waals surface area contributed by atoms with Gasteiger partial charge in [-0.05, 0) is 24.3 Å². The van der Waals surface area contributed by atoms with Crippen molar-refractivity contribution < 1.29 is 9.18 Å². The van der Waals surface area contributed by atoms with Gasteiger partial charge in [0.15, 0.2) is 0 Å². The smallest absolute Gasteiger partial charge is 0.306 e. The fourth-order valence-corrected chi connectivity index (χ4v) is 2.61. The number of carbonyl (C=O) groups excluding carboxylic acids is 1. The summed E-state index contributed by atoms with van der Waals surface area (Å²) in [6.45, 7) is 0.152. The van der Waals surface area contributed by atoms with Crippen molar-refractivity contribution in [3.05, 3.63) is 76.3 Å². The van der Waals surface area contributed by atoms with Gasteiger partial charge in [-0.25, -0.2) is 9.18 Å². The van der Waals surface area contributed by atoms with Crippen LogP contribution in [0.4, 0.5) is 20.6 Å². The minimum Gasteiger partial charge on any atom is -0.306 e. The lowest BCUT2D eigenvalue weighted by atomic mass is 10.2. The Labute approximate surface area is 153 Å². The number of rotatable bonds is 4. The van der Waals surface area contributed by atoms with E-state index in [0.717, 1.165) is 0 Å². The Morgan fingerprint density at radius 1 is 1.08 bits per heavy atom. The fraction of sp³-hybridized carbons (Fsp3) is 0.0588. The molecule has 2 N–H and O–H groups in total. The Bertz CT molecular complexity index is 893. The van der Waals surface area contributed by atoms with Crippen molar-refractivity contribution in [1.29, 1.82) is 0 Å². The molecule has 2 amide bonds. The number of hydrogen-bond acceptors (Lipinski definition) is 2. The highest BCUT2D eigenvalue weighted by molar-refractivity contribution is 6.33. The maximum absolute atomic E-state index is 13.8. The summed E-state index contributed by atoms with van der Waals surface area (Å²) in [6.07, 6.45) is 3.04. The van der Waals surface area contributed by atoms with E-state index in [1.165, 1.54) is 23.0 Å². The van der Waals surface area contributed by atoms with Crippen LogP contribution in [-0.4, -0.2) is 15.8 Å². The summed E-state index contributed by atoms with van der Waals surface area (Å²) in [6, 6.07) is 10.9. The van der Waals surface area contributed by atoms with Crippen molar-refractivity contribution in [2.75, 3.05) is 10.6 Å². The summed E-state index contributed by atoms with van der Waals surface area (Å²) in [5, 5.41) is 10.1. The van der Waals surface area contributed by atoms with Gasteiger partial charge in [0.2, 0.25) is 0 Å². The van der Waals surface area contributed by atoms with E-state index in [-0.39, 0.29) is 6.54 Å². The Kier molecular flexibility index (Phi) is 5.21. The number of hydrogen-bond donors (Lipinski definition) is 2. The van der Waals surface area contributed by atoms with E-state index in [9.17, 15) is 9.18 Å². The summed E-state index contributed by atoms with van der Waals surface area (Å²) in [5.74, 6) is -0.408. The molecule has 5 nitrogen and oxygen atoms in total. The number of aromatic nitrogens is 2. The molecule has 0 fully saturated rings. The normalized spacial score (nSPS) is 10.5. The van der Waals surface area contributed by atoms with E-state index in [2.05, 4.69) is 15.7 Å². The first-order chi connectivity index (χ1) is 12.0. The summed E-state index contributed by atoms with van der Waals surface area (Å²) in [7, 11) is 0. The molecular formula is C17H13Cl2FN4O. The highest BCUT2D eigenvalue weighted by Gasteiger charge is 2.10. The number of urea groups is 1. The van der Waals surface area contributed by atoms with Gasteiger partial charge < -0.3 is 10.6 Å². The molecule has 3 rings (SSSR count). The zero-order chi connectivity index (χ0) is 17.8. The molecule has 0 saturated heterocycles. The maximum Gasteiger partial charge on any atom is 0.323 e. The third kappa shape index (κ3) is 4.29. The van der Waals surface area contributed by atoms with Crippen LogP contribution in [0.1, 0.15) is 5.56 Å². The zero-order valence-corrected chi connectivity index (χ0v) is 14.4. The zero-order valence-electron chi connectivity index (χ0n) is 12.8. The van der Waals surface area contributed by atoms with E-state index in [4.69, 9.17) is 23.2 Å². The monoisotopic (exact) mass is 378 g/mol. The fourth-order valence-electron chi connectivity index (χ4n) is 2.21. The molecule has 0 atom stereocenters. The molecule has 3 aromatic rings. The van der Waals surface area contributed by atoms with Crippen LogP contribution in [0.2, 0.25) is 10.0 Å². The van der Waals surface area contributed by atoms with Crippen molar-refractivity contribution in [2.24, 2.45) is 0 Å².